The van der Waals surface area contributed by atoms with Crippen LogP contribution in [0.3, 0.4) is 0 Å². The van der Waals surface area contributed by atoms with Crippen LogP contribution >= 0.6 is 11.8 Å². The molecule has 0 spiro atoms. The van der Waals surface area contributed by atoms with E-state index in [-0.39, 0.29) is 42.5 Å². The van der Waals surface area contributed by atoms with Gasteiger partial charge in [0.1, 0.15) is 18.1 Å². The molecule has 186 valence electrons. The minimum absolute atomic E-state index is 0.0552. The van der Waals surface area contributed by atoms with Crippen LogP contribution in [0.5, 0.6) is 0 Å². The zero-order valence-corrected chi connectivity index (χ0v) is 18.9. The average Bonchev–Trinajstić information content (AvgIpc) is 3.26. The lowest BCUT2D eigenvalue weighted by Crippen LogP contribution is -2.74. The van der Waals surface area contributed by atoms with E-state index in [4.69, 9.17) is 15.3 Å². The highest BCUT2D eigenvalue weighted by Gasteiger charge is 2.56. The van der Waals surface area contributed by atoms with Gasteiger partial charge in [-0.1, -0.05) is 16.9 Å². The van der Waals surface area contributed by atoms with Crippen molar-refractivity contribution in [1.82, 2.24) is 19.8 Å². The molecule has 3 amide bonds. The van der Waals surface area contributed by atoms with Crippen LogP contribution in [0.25, 0.3) is 0 Å². The largest absolute Gasteiger partial charge is 0.478 e. The summed E-state index contributed by atoms with van der Waals surface area (Å²) in [6.45, 7) is -0.172. The number of rotatable bonds is 9. The number of ether oxygens (including phenoxy) is 1. The van der Waals surface area contributed by atoms with Gasteiger partial charge in [0.15, 0.2) is 5.71 Å². The van der Waals surface area contributed by atoms with Gasteiger partial charge in [0, 0.05) is 24.8 Å². The number of β-lactam (4-membered cyclic amide) rings is 1. The first-order valence-corrected chi connectivity index (χ1v) is 12.2. The van der Waals surface area contributed by atoms with E-state index in [0.29, 0.717) is 0 Å². The number of nitrogens with two attached hydrogens (primary N) is 1. The highest BCUT2D eigenvalue weighted by Crippen LogP contribution is 2.40. The fourth-order valence-electron chi connectivity index (χ4n) is 3.46. The van der Waals surface area contributed by atoms with Crippen LogP contribution < -0.4 is 16.4 Å². The minimum Gasteiger partial charge on any atom is -0.478 e. The first kappa shape index (κ1) is 24.0. The number of hydrogen-bond donors (Lipinski definition) is 5. The van der Waals surface area contributed by atoms with Crippen molar-refractivity contribution in [3.05, 3.63) is 11.1 Å². The molecule has 0 aromatic rings. The van der Waals surface area contributed by atoms with E-state index in [1.54, 1.807) is 0 Å². The smallest absolute Gasteiger partial charge is 0.410 e. The number of carbonyl (C=O) groups excluding carboxylic acids is 3. The number of thioether (sulfide) groups is 1. The average molecular weight is 521 g/mol. The van der Waals surface area contributed by atoms with Gasteiger partial charge in [-0.2, -0.15) is 8.42 Å². The predicted octanol–water partition coefficient (Wildman–Crippen LogP) is -2.65. The van der Waals surface area contributed by atoms with E-state index in [1.165, 1.54) is 5.41 Å². The molecule has 3 aliphatic heterocycles. The molecule has 18 heteroatoms. The molecule has 3 unspecified atom stereocenters. The fraction of sp³-hybridized carbons (Fsp3) is 0.562. The van der Waals surface area contributed by atoms with Crippen molar-refractivity contribution in [3.63, 3.8) is 0 Å². The predicted molar refractivity (Wildman–Crippen MR) is 112 cm³/mol. The number of cyclic esters (lactones) is 1. The minimum atomic E-state index is -4.98. The number of carbonyl (C=O) groups is 4. The Morgan fingerprint density at radius 2 is 2.12 bits per heavy atom. The van der Waals surface area contributed by atoms with Gasteiger partial charge in [-0.05, 0) is 0 Å². The normalized spacial score (nSPS) is 28.0. The lowest BCUT2D eigenvalue weighted by Gasteiger charge is -2.45. The molecule has 3 fully saturated rings. The first-order chi connectivity index (χ1) is 15.9. The van der Waals surface area contributed by atoms with E-state index in [2.05, 4.69) is 15.8 Å². The Morgan fingerprint density at radius 1 is 1.41 bits per heavy atom. The summed E-state index contributed by atoms with van der Waals surface area (Å²) in [5.41, 5.74) is 3.21. The second-order valence-electron chi connectivity index (χ2n) is 7.75. The molecule has 0 aromatic heterocycles. The Morgan fingerprint density at radius 3 is 2.62 bits per heavy atom. The van der Waals surface area contributed by atoms with Gasteiger partial charge in [-0.25, -0.2) is 13.9 Å². The van der Waals surface area contributed by atoms with Gasteiger partial charge in [-0.15, -0.1) is 0 Å². The molecule has 4 aliphatic rings. The lowest BCUT2D eigenvalue weighted by molar-refractivity contribution is -0.153. The zero-order valence-electron chi connectivity index (χ0n) is 17.2. The molecule has 0 bridgehead atoms. The maximum absolute atomic E-state index is 13.0. The highest BCUT2D eigenvalue weighted by molar-refractivity contribution is 8.02. The summed E-state index contributed by atoms with van der Waals surface area (Å²) >= 11 is 1.10. The molecular formula is C16H20N6O10S2. The van der Waals surface area contributed by atoms with Crippen LogP contribution in [0.1, 0.15) is 12.8 Å². The van der Waals surface area contributed by atoms with E-state index >= 15 is 0 Å². The molecule has 3 atom stereocenters. The standard InChI is InChI=1S/C16H20N6O10S2/c17-14-18-7(6-33-14)9(20-32-16(1-2-16)13(25)26)11(23)19-10-8(5-21-3-4-31-15(21)27)22(12(10)24)34(28,29)30/h6,8,10,14,18H,1-5,17H2,(H,19,23)(H,25,26)(H,28,29,30)/b20-9-. The van der Waals surface area contributed by atoms with Crippen LogP contribution in [-0.2, 0) is 34.3 Å². The van der Waals surface area contributed by atoms with E-state index < -0.39 is 63.1 Å². The number of amides is 3. The zero-order chi connectivity index (χ0) is 24.8. The van der Waals surface area contributed by atoms with Crippen LogP contribution in [0.2, 0.25) is 0 Å². The fourth-order valence-corrected chi connectivity index (χ4v) is 4.99. The van der Waals surface area contributed by atoms with Crippen molar-refractivity contribution in [1.29, 1.82) is 0 Å². The Labute approximate surface area is 196 Å². The second-order valence-corrected chi connectivity index (χ2v) is 10.1. The third-order valence-corrected chi connectivity index (χ3v) is 7.19. The number of nitrogens with zero attached hydrogens (tertiary/aromatic N) is 3. The van der Waals surface area contributed by atoms with Crippen molar-refractivity contribution in [2.75, 3.05) is 19.7 Å². The highest BCUT2D eigenvalue weighted by atomic mass is 32.2. The van der Waals surface area contributed by atoms with Crippen LogP contribution in [0, 0.1) is 0 Å². The molecule has 3 heterocycles. The number of aliphatic carboxylic acids is 1. The van der Waals surface area contributed by atoms with Crippen molar-refractivity contribution >= 4 is 51.7 Å². The summed E-state index contributed by atoms with van der Waals surface area (Å²) in [5, 5.41) is 19.4. The Bertz CT molecular complexity index is 1100. The number of carboxylic acids is 1. The molecule has 1 saturated carbocycles. The lowest BCUT2D eigenvalue weighted by atomic mass is 9.97. The molecular weight excluding hydrogens is 500 g/mol. The molecule has 0 aromatic carbocycles. The molecule has 1 aliphatic carbocycles. The summed E-state index contributed by atoms with van der Waals surface area (Å²) in [4.78, 5) is 54.8. The molecule has 16 nitrogen and oxygen atoms in total. The summed E-state index contributed by atoms with van der Waals surface area (Å²) in [6.07, 6.45) is -0.384. The number of carboxylic acid groups (broad SMARTS) is 1. The van der Waals surface area contributed by atoms with Gasteiger partial charge in [0.2, 0.25) is 5.60 Å². The van der Waals surface area contributed by atoms with E-state index in [9.17, 15) is 37.3 Å². The number of hydrogen-bond acceptors (Lipinski definition) is 12. The van der Waals surface area contributed by atoms with Crippen molar-refractivity contribution in [2.45, 2.75) is 36.0 Å². The van der Waals surface area contributed by atoms with Crippen molar-refractivity contribution in [3.8, 4) is 0 Å². The maximum Gasteiger partial charge on any atom is 0.410 e. The molecule has 0 radical (unpaired) electrons. The van der Waals surface area contributed by atoms with Gasteiger partial charge < -0.3 is 35.9 Å². The SMILES string of the molecule is NC1NC(/C(=N/OC2(C(=O)O)CC2)C(=O)NC2C(=O)N(S(=O)(=O)O)C2CN2CCOC2=O)=CS1. The van der Waals surface area contributed by atoms with Gasteiger partial charge >= 0.3 is 22.4 Å². The van der Waals surface area contributed by atoms with Gasteiger partial charge in [-0.3, -0.25) is 14.1 Å². The quantitative estimate of drug-likeness (QED) is 0.0906. The third kappa shape index (κ3) is 4.48. The Balaban J connectivity index is 1.54. The van der Waals surface area contributed by atoms with Crippen LogP contribution in [-0.4, -0.2) is 99.7 Å². The maximum atomic E-state index is 13.0. The van der Waals surface area contributed by atoms with E-state index in [1.807, 2.05) is 0 Å². The van der Waals surface area contributed by atoms with Crippen molar-refractivity contribution < 1.29 is 46.8 Å². The molecule has 2 saturated heterocycles. The summed E-state index contributed by atoms with van der Waals surface area (Å²) < 4.78 is 37.7. The van der Waals surface area contributed by atoms with Crippen LogP contribution in [0.4, 0.5) is 4.79 Å². The van der Waals surface area contributed by atoms with Gasteiger partial charge in [0.05, 0.1) is 18.3 Å². The molecule has 4 rings (SSSR count). The summed E-state index contributed by atoms with van der Waals surface area (Å²) in [7, 11) is -4.98. The van der Waals surface area contributed by atoms with Crippen LogP contribution in [0.15, 0.2) is 16.3 Å². The number of nitrogens with one attached hydrogen (secondary N) is 2. The van der Waals surface area contributed by atoms with Crippen molar-refractivity contribution in [2.24, 2.45) is 10.9 Å². The monoisotopic (exact) mass is 520 g/mol. The summed E-state index contributed by atoms with van der Waals surface area (Å²) in [5.74, 6) is -3.40. The van der Waals surface area contributed by atoms with E-state index in [0.717, 1.165) is 16.7 Å². The molecule has 34 heavy (non-hydrogen) atoms. The second kappa shape index (κ2) is 8.60. The molecule has 6 N–H and O–H groups in total. The Kier molecular flexibility index (Phi) is 6.08. The number of oxime groups is 1. The Hall–Kier alpha value is -3.09. The first-order valence-electron chi connectivity index (χ1n) is 9.84. The topological polar surface area (TPSA) is 230 Å². The summed E-state index contributed by atoms with van der Waals surface area (Å²) in [6, 6.07) is -2.78. The third-order valence-electron chi connectivity index (χ3n) is 5.46. The van der Waals surface area contributed by atoms with Gasteiger partial charge in [0.25, 0.3) is 11.8 Å².